The molecule has 1 aromatic heterocycles. The minimum Gasteiger partial charge on any atom is -0.402 e. The van der Waals surface area contributed by atoms with Crippen LogP contribution in [0, 0.1) is 0 Å². The minimum atomic E-state index is -0.0253. The molecule has 2 aliphatic rings. The summed E-state index contributed by atoms with van der Waals surface area (Å²) in [6.07, 6.45) is 12.6. The molecule has 0 atom stereocenters. The standard InChI is InChI=1S/C25H34NO/c1-6-9-12-18-15-16-20-19(17-18)23-26(21-13-10-11-14-22(21)27-23)24(4,5)25(20,7-2)8-3/h10,13,15-17H,6-9,11-12,14H2,1-5H3/q+1. The molecule has 2 aromatic rings. The molecule has 4 rings (SSSR count). The fraction of sp³-hybridized carbons (Fsp3) is 0.560. The number of hydrogen-bond donors (Lipinski definition) is 0. The Morgan fingerprint density at radius 3 is 2.59 bits per heavy atom. The Hall–Kier alpha value is -1.83. The number of rotatable bonds is 5. The van der Waals surface area contributed by atoms with E-state index in [4.69, 9.17) is 4.42 Å². The summed E-state index contributed by atoms with van der Waals surface area (Å²) in [6, 6.07) is 7.20. The highest BCUT2D eigenvalue weighted by Gasteiger charge is 2.59. The number of aryl methyl sites for hydroxylation is 2. The molecule has 2 nitrogen and oxygen atoms in total. The van der Waals surface area contributed by atoms with Crippen molar-refractivity contribution in [3.63, 3.8) is 0 Å². The zero-order valence-corrected chi connectivity index (χ0v) is 17.7. The number of benzene rings is 1. The highest BCUT2D eigenvalue weighted by molar-refractivity contribution is 5.64. The zero-order chi connectivity index (χ0) is 19.2. The summed E-state index contributed by atoms with van der Waals surface area (Å²) >= 11 is 0. The average Bonchev–Trinajstić information content (AvgIpc) is 3.08. The highest BCUT2D eigenvalue weighted by Crippen LogP contribution is 2.51. The molecule has 1 aliphatic carbocycles. The van der Waals surface area contributed by atoms with Gasteiger partial charge in [-0.1, -0.05) is 45.4 Å². The first-order valence-corrected chi connectivity index (χ1v) is 10.9. The summed E-state index contributed by atoms with van der Waals surface area (Å²) in [5, 5.41) is 0. The largest absolute Gasteiger partial charge is 0.402 e. The smallest absolute Gasteiger partial charge is 0.382 e. The van der Waals surface area contributed by atoms with Crippen LogP contribution >= 0.6 is 0 Å². The number of oxazole rings is 1. The Kier molecular flexibility index (Phi) is 4.56. The summed E-state index contributed by atoms with van der Waals surface area (Å²) in [5.41, 5.74) is 5.63. The number of fused-ring (bicyclic) bond motifs is 5. The van der Waals surface area contributed by atoms with Crippen LogP contribution in [-0.4, -0.2) is 0 Å². The molecule has 1 aromatic carbocycles. The number of aromatic nitrogens is 1. The van der Waals surface area contributed by atoms with Gasteiger partial charge in [-0.15, -0.1) is 0 Å². The van der Waals surface area contributed by atoms with Crippen LogP contribution in [0.2, 0.25) is 0 Å². The lowest BCUT2D eigenvalue weighted by Crippen LogP contribution is -2.67. The minimum absolute atomic E-state index is 0.0253. The van der Waals surface area contributed by atoms with Gasteiger partial charge in [0.2, 0.25) is 5.69 Å². The maximum Gasteiger partial charge on any atom is 0.382 e. The molecule has 0 spiro atoms. The normalized spacial score (nSPS) is 18.7. The molecule has 2 heterocycles. The summed E-state index contributed by atoms with van der Waals surface area (Å²) in [7, 11) is 0. The zero-order valence-electron chi connectivity index (χ0n) is 17.7. The molecule has 0 radical (unpaired) electrons. The van der Waals surface area contributed by atoms with Crippen molar-refractivity contribution in [2.45, 2.75) is 90.5 Å². The van der Waals surface area contributed by atoms with Crippen LogP contribution in [-0.2, 0) is 23.8 Å². The summed E-state index contributed by atoms with van der Waals surface area (Å²) in [6.45, 7) is 11.8. The van der Waals surface area contributed by atoms with Gasteiger partial charge in [0, 0.05) is 26.3 Å². The van der Waals surface area contributed by atoms with E-state index < -0.39 is 0 Å². The molecule has 0 unspecified atom stereocenters. The molecule has 0 saturated heterocycles. The molecule has 0 saturated carbocycles. The number of unbranched alkanes of at least 4 members (excludes halogenated alkanes) is 1. The highest BCUT2D eigenvalue weighted by atomic mass is 16.4. The lowest BCUT2D eigenvalue weighted by atomic mass is 9.60. The molecule has 0 N–H and O–H groups in total. The van der Waals surface area contributed by atoms with Gasteiger partial charge >= 0.3 is 5.89 Å². The summed E-state index contributed by atoms with van der Waals surface area (Å²) in [5.74, 6) is 2.23. The van der Waals surface area contributed by atoms with Crippen molar-refractivity contribution in [2.75, 3.05) is 0 Å². The second-order valence-electron chi connectivity index (χ2n) is 8.82. The van der Waals surface area contributed by atoms with Crippen molar-refractivity contribution in [1.82, 2.24) is 0 Å². The van der Waals surface area contributed by atoms with E-state index in [0.29, 0.717) is 0 Å². The van der Waals surface area contributed by atoms with E-state index >= 15 is 0 Å². The van der Waals surface area contributed by atoms with Gasteiger partial charge in [-0.05, 0) is 49.3 Å². The Morgan fingerprint density at radius 2 is 1.89 bits per heavy atom. The van der Waals surface area contributed by atoms with Gasteiger partial charge in [0.1, 0.15) is 0 Å². The van der Waals surface area contributed by atoms with Gasteiger partial charge in [0.15, 0.2) is 11.3 Å². The summed E-state index contributed by atoms with van der Waals surface area (Å²) in [4.78, 5) is 0. The van der Waals surface area contributed by atoms with E-state index in [1.807, 2.05) is 0 Å². The Bertz CT molecular complexity index is 880. The van der Waals surface area contributed by atoms with E-state index in [1.54, 1.807) is 0 Å². The molecular weight excluding hydrogens is 330 g/mol. The van der Waals surface area contributed by atoms with Gasteiger partial charge in [0.25, 0.3) is 0 Å². The van der Waals surface area contributed by atoms with E-state index in [9.17, 15) is 0 Å². The predicted octanol–water partition coefficient (Wildman–Crippen LogP) is 6.34. The fourth-order valence-corrected chi connectivity index (χ4v) is 5.70. The third kappa shape index (κ3) is 2.48. The van der Waals surface area contributed by atoms with Crippen molar-refractivity contribution >= 4 is 6.08 Å². The van der Waals surface area contributed by atoms with Gasteiger partial charge in [-0.3, -0.25) is 0 Å². The summed E-state index contributed by atoms with van der Waals surface area (Å²) < 4.78 is 9.07. The van der Waals surface area contributed by atoms with E-state index in [2.05, 4.69) is 69.5 Å². The van der Waals surface area contributed by atoms with Crippen molar-refractivity contribution in [1.29, 1.82) is 0 Å². The van der Waals surface area contributed by atoms with Crippen LogP contribution in [0.25, 0.3) is 17.5 Å². The second-order valence-corrected chi connectivity index (χ2v) is 8.82. The Morgan fingerprint density at radius 1 is 1.11 bits per heavy atom. The molecule has 2 heteroatoms. The lowest BCUT2D eigenvalue weighted by molar-refractivity contribution is -0.764. The van der Waals surface area contributed by atoms with E-state index in [-0.39, 0.29) is 11.0 Å². The molecule has 0 fully saturated rings. The molecule has 27 heavy (non-hydrogen) atoms. The first kappa shape index (κ1) is 18.5. The van der Waals surface area contributed by atoms with Gasteiger partial charge in [-0.25, -0.2) is 0 Å². The van der Waals surface area contributed by atoms with Crippen molar-refractivity contribution in [3.05, 3.63) is 46.9 Å². The van der Waals surface area contributed by atoms with Crippen LogP contribution in [0.15, 0.2) is 28.7 Å². The molecule has 144 valence electrons. The lowest BCUT2D eigenvalue weighted by Gasteiger charge is -2.45. The molecular formula is C25H34NO+. The third-order valence-electron chi connectivity index (χ3n) is 7.35. The van der Waals surface area contributed by atoms with Crippen molar-refractivity contribution in [2.24, 2.45) is 0 Å². The topological polar surface area (TPSA) is 17.0 Å². The second kappa shape index (κ2) is 6.65. The maximum absolute atomic E-state index is 6.54. The van der Waals surface area contributed by atoms with Crippen LogP contribution in [0.4, 0.5) is 0 Å². The van der Waals surface area contributed by atoms with Crippen molar-refractivity contribution in [3.8, 4) is 11.5 Å². The number of nitrogens with zero attached hydrogens (tertiary/aromatic N) is 1. The SMILES string of the molecule is CCCCc1ccc2c(c1)-c1oc3c([n+]1C(C)(C)C2(CC)CC)C=CCC3. The predicted molar refractivity (Wildman–Crippen MR) is 112 cm³/mol. The van der Waals surface area contributed by atoms with Gasteiger partial charge in [-0.2, -0.15) is 4.57 Å². The monoisotopic (exact) mass is 364 g/mol. The molecule has 0 amide bonds. The molecule has 1 aliphatic heterocycles. The molecule has 0 bridgehead atoms. The van der Waals surface area contributed by atoms with Crippen LogP contribution < -0.4 is 4.57 Å². The first-order chi connectivity index (χ1) is 13.0. The maximum atomic E-state index is 6.54. The van der Waals surface area contributed by atoms with Gasteiger partial charge < -0.3 is 4.42 Å². The van der Waals surface area contributed by atoms with E-state index in [1.165, 1.54) is 35.2 Å². The van der Waals surface area contributed by atoms with Gasteiger partial charge in [0.05, 0.1) is 11.0 Å². The van der Waals surface area contributed by atoms with Crippen LogP contribution in [0.3, 0.4) is 0 Å². The number of allylic oxidation sites excluding steroid dienone is 1. The van der Waals surface area contributed by atoms with Crippen molar-refractivity contribution < 1.29 is 8.98 Å². The average molecular weight is 365 g/mol. The van der Waals surface area contributed by atoms with E-state index in [0.717, 1.165) is 43.8 Å². The Labute approximate surface area is 164 Å². The third-order valence-corrected chi connectivity index (χ3v) is 7.35. The van der Waals surface area contributed by atoms with Crippen LogP contribution in [0.5, 0.6) is 0 Å². The van der Waals surface area contributed by atoms with Crippen LogP contribution in [0.1, 0.15) is 89.3 Å². The first-order valence-electron chi connectivity index (χ1n) is 10.9. The number of hydrogen-bond acceptors (Lipinski definition) is 1. The Balaban J connectivity index is 2.01. The fourth-order valence-electron chi connectivity index (χ4n) is 5.70. The quantitative estimate of drug-likeness (QED) is 0.566.